The lowest BCUT2D eigenvalue weighted by atomic mass is 10.2. The number of anilines is 1. The second-order valence-electron chi connectivity index (χ2n) is 4.71. The maximum Gasteiger partial charge on any atom is 0.329 e. The summed E-state index contributed by atoms with van der Waals surface area (Å²) in [6.45, 7) is 0. The third-order valence-electron chi connectivity index (χ3n) is 2.96. The lowest BCUT2D eigenvalue weighted by Gasteiger charge is -1.99. The summed E-state index contributed by atoms with van der Waals surface area (Å²) in [4.78, 5) is 27.4. The zero-order valence-corrected chi connectivity index (χ0v) is 13.6. The van der Waals surface area contributed by atoms with Gasteiger partial charge in [0.1, 0.15) is 5.01 Å². The van der Waals surface area contributed by atoms with Gasteiger partial charge in [-0.05, 0) is 17.7 Å². The van der Waals surface area contributed by atoms with Crippen LogP contribution < -0.4 is 10.7 Å². The highest BCUT2D eigenvalue weighted by Gasteiger charge is 2.16. The van der Waals surface area contributed by atoms with Crippen molar-refractivity contribution in [2.24, 2.45) is 5.10 Å². The van der Waals surface area contributed by atoms with Crippen LogP contribution in [0.2, 0.25) is 0 Å². The van der Waals surface area contributed by atoms with E-state index in [0.29, 0.717) is 5.01 Å². The second kappa shape index (κ2) is 7.88. The normalized spacial score (nSPS) is 10.6. The quantitative estimate of drug-likeness (QED) is 0.422. The van der Waals surface area contributed by atoms with Crippen LogP contribution in [-0.4, -0.2) is 33.2 Å². The minimum absolute atomic E-state index is 0.233. The maximum atomic E-state index is 11.8. The van der Waals surface area contributed by atoms with Crippen molar-refractivity contribution >= 4 is 34.5 Å². The van der Waals surface area contributed by atoms with Crippen molar-refractivity contribution in [1.82, 2.24) is 20.6 Å². The van der Waals surface area contributed by atoms with Crippen LogP contribution in [0.15, 0.2) is 60.0 Å². The number of pyridine rings is 1. The van der Waals surface area contributed by atoms with Gasteiger partial charge < -0.3 is 0 Å². The fourth-order valence-electron chi connectivity index (χ4n) is 1.79. The largest absolute Gasteiger partial charge is 0.329 e. The number of carbonyl (C=O) groups excluding carboxylic acids is 2. The monoisotopic (exact) mass is 352 g/mol. The Bertz CT molecular complexity index is 895. The Hall–Kier alpha value is -3.46. The average Bonchev–Trinajstić information content (AvgIpc) is 3.12. The zero-order chi connectivity index (χ0) is 17.5. The number of aromatic nitrogens is 3. The summed E-state index contributed by atoms with van der Waals surface area (Å²) in [5.41, 5.74) is 3.77. The lowest BCUT2D eigenvalue weighted by molar-refractivity contribution is -0.136. The van der Waals surface area contributed by atoms with E-state index in [1.807, 2.05) is 30.3 Å². The number of carbonyl (C=O) groups is 2. The van der Waals surface area contributed by atoms with Crippen molar-refractivity contribution in [3.63, 3.8) is 0 Å². The number of hydrogen-bond acceptors (Lipinski definition) is 7. The van der Waals surface area contributed by atoms with E-state index < -0.39 is 11.8 Å². The fourth-order valence-corrected chi connectivity index (χ4v) is 2.53. The van der Waals surface area contributed by atoms with E-state index in [4.69, 9.17) is 0 Å². The standard InChI is InChI=1S/C16H12N6O2S/c23-13(14(24)20-18-10-11-6-8-17-9-7-11)19-16-22-21-15(25-16)12-4-2-1-3-5-12/h1-10H,(H,20,24)(H,19,22,23)/b18-10+. The molecule has 0 atom stereocenters. The van der Waals surface area contributed by atoms with Gasteiger partial charge in [0.2, 0.25) is 5.13 Å². The smallest absolute Gasteiger partial charge is 0.292 e. The molecule has 0 bridgehead atoms. The van der Waals surface area contributed by atoms with Crippen LogP contribution in [0, 0.1) is 0 Å². The number of nitrogens with one attached hydrogen (secondary N) is 2. The zero-order valence-electron chi connectivity index (χ0n) is 12.8. The van der Waals surface area contributed by atoms with Crippen LogP contribution >= 0.6 is 11.3 Å². The van der Waals surface area contributed by atoms with Crippen molar-refractivity contribution in [3.05, 3.63) is 60.4 Å². The van der Waals surface area contributed by atoms with Gasteiger partial charge in [0.25, 0.3) is 0 Å². The maximum absolute atomic E-state index is 11.8. The molecule has 2 aromatic heterocycles. The molecule has 0 radical (unpaired) electrons. The molecular weight excluding hydrogens is 340 g/mol. The number of hydrazone groups is 1. The molecule has 9 heteroatoms. The molecule has 2 N–H and O–H groups in total. The van der Waals surface area contributed by atoms with Gasteiger partial charge in [0, 0.05) is 18.0 Å². The van der Waals surface area contributed by atoms with E-state index in [-0.39, 0.29) is 5.13 Å². The highest BCUT2D eigenvalue weighted by atomic mass is 32.1. The molecule has 2 amide bonds. The van der Waals surface area contributed by atoms with E-state index in [9.17, 15) is 9.59 Å². The summed E-state index contributed by atoms with van der Waals surface area (Å²) in [7, 11) is 0. The van der Waals surface area contributed by atoms with Gasteiger partial charge in [0.15, 0.2) is 0 Å². The Balaban J connectivity index is 1.56. The van der Waals surface area contributed by atoms with Gasteiger partial charge in [-0.25, -0.2) is 5.43 Å². The molecule has 0 fully saturated rings. The van der Waals surface area contributed by atoms with Crippen LogP contribution in [0.4, 0.5) is 5.13 Å². The van der Waals surface area contributed by atoms with Crippen molar-refractivity contribution in [3.8, 4) is 10.6 Å². The second-order valence-corrected chi connectivity index (χ2v) is 5.69. The van der Waals surface area contributed by atoms with E-state index in [1.165, 1.54) is 17.6 Å². The molecule has 3 rings (SSSR count). The van der Waals surface area contributed by atoms with Crippen molar-refractivity contribution in [2.45, 2.75) is 0 Å². The van der Waals surface area contributed by atoms with Crippen molar-refractivity contribution in [2.75, 3.05) is 5.32 Å². The van der Waals surface area contributed by atoms with Gasteiger partial charge in [-0.15, -0.1) is 10.2 Å². The topological polar surface area (TPSA) is 109 Å². The minimum atomic E-state index is -0.901. The number of nitrogens with zero attached hydrogens (tertiary/aromatic N) is 4. The number of hydrogen-bond donors (Lipinski definition) is 2. The van der Waals surface area contributed by atoms with E-state index in [2.05, 4.69) is 31.0 Å². The van der Waals surface area contributed by atoms with Crippen molar-refractivity contribution < 1.29 is 9.59 Å². The predicted molar refractivity (Wildman–Crippen MR) is 93.9 cm³/mol. The van der Waals surface area contributed by atoms with Crippen molar-refractivity contribution in [1.29, 1.82) is 0 Å². The summed E-state index contributed by atoms with van der Waals surface area (Å²) in [5.74, 6) is -1.77. The number of benzene rings is 1. The van der Waals surface area contributed by atoms with Gasteiger partial charge >= 0.3 is 11.8 Å². The summed E-state index contributed by atoms with van der Waals surface area (Å²) in [6, 6.07) is 12.8. The number of rotatable bonds is 4. The molecule has 0 aliphatic heterocycles. The molecule has 124 valence electrons. The van der Waals surface area contributed by atoms with Crippen LogP contribution in [0.1, 0.15) is 5.56 Å². The first-order valence-electron chi connectivity index (χ1n) is 7.16. The Kier molecular flexibility index (Phi) is 5.17. The molecular formula is C16H12N6O2S. The number of amides is 2. The highest BCUT2D eigenvalue weighted by molar-refractivity contribution is 7.18. The molecule has 8 nitrogen and oxygen atoms in total. The van der Waals surface area contributed by atoms with Gasteiger partial charge in [-0.3, -0.25) is 19.9 Å². The SMILES string of the molecule is O=C(N/N=C/c1ccncc1)C(=O)Nc1nnc(-c2ccccc2)s1. The van der Waals surface area contributed by atoms with Crippen LogP contribution in [0.25, 0.3) is 10.6 Å². The minimum Gasteiger partial charge on any atom is -0.292 e. The summed E-state index contributed by atoms with van der Waals surface area (Å²) < 4.78 is 0. The Morgan fingerprint density at radius 2 is 1.76 bits per heavy atom. The first-order chi connectivity index (χ1) is 12.2. The molecule has 3 aromatic rings. The first-order valence-corrected chi connectivity index (χ1v) is 7.97. The lowest BCUT2D eigenvalue weighted by Crippen LogP contribution is -2.32. The third-order valence-corrected chi connectivity index (χ3v) is 3.85. The fraction of sp³-hybridized carbons (Fsp3) is 0. The first kappa shape index (κ1) is 16.4. The summed E-state index contributed by atoms with van der Waals surface area (Å²) in [5, 5.41) is 14.8. The van der Waals surface area contributed by atoms with E-state index in [1.54, 1.807) is 24.5 Å². The molecule has 2 heterocycles. The molecule has 0 unspecified atom stereocenters. The van der Waals surface area contributed by atoms with Crippen LogP contribution in [0.5, 0.6) is 0 Å². The molecule has 0 spiro atoms. The van der Waals surface area contributed by atoms with E-state index >= 15 is 0 Å². The Morgan fingerprint density at radius 3 is 2.52 bits per heavy atom. The molecule has 0 aliphatic carbocycles. The predicted octanol–water partition coefficient (Wildman–Crippen LogP) is 1.69. The molecule has 1 aromatic carbocycles. The summed E-state index contributed by atoms with van der Waals surface area (Å²) in [6.07, 6.45) is 4.59. The molecule has 0 saturated heterocycles. The van der Waals surface area contributed by atoms with Crippen LogP contribution in [-0.2, 0) is 9.59 Å². The van der Waals surface area contributed by atoms with Gasteiger partial charge in [-0.1, -0.05) is 41.7 Å². The Labute approximate surface area is 146 Å². The average molecular weight is 352 g/mol. The molecule has 0 saturated carbocycles. The van der Waals surface area contributed by atoms with Gasteiger partial charge in [0.05, 0.1) is 6.21 Å². The third kappa shape index (κ3) is 4.52. The van der Waals surface area contributed by atoms with Crippen LogP contribution in [0.3, 0.4) is 0 Å². The molecule has 25 heavy (non-hydrogen) atoms. The molecule has 0 aliphatic rings. The van der Waals surface area contributed by atoms with E-state index in [0.717, 1.165) is 11.1 Å². The summed E-state index contributed by atoms with van der Waals surface area (Å²) >= 11 is 1.17. The van der Waals surface area contributed by atoms with Gasteiger partial charge in [-0.2, -0.15) is 5.10 Å². The highest BCUT2D eigenvalue weighted by Crippen LogP contribution is 2.25. The Morgan fingerprint density at radius 1 is 1.00 bits per heavy atom.